The molecule has 0 radical (unpaired) electrons. The van der Waals surface area contributed by atoms with Crippen LogP contribution in [0.3, 0.4) is 0 Å². The molecule has 260 valence electrons. The zero-order valence-corrected chi connectivity index (χ0v) is 28.3. The van der Waals surface area contributed by atoms with Gasteiger partial charge in [-0.1, -0.05) is 99.2 Å². The molecule has 2 aromatic rings. The van der Waals surface area contributed by atoms with Crippen LogP contribution in [0, 0.1) is 11.8 Å². The zero-order valence-electron chi connectivity index (χ0n) is 28.3. The lowest BCUT2D eigenvalue weighted by Gasteiger charge is -2.29. The third-order valence-electron chi connectivity index (χ3n) is 9.34. The minimum absolute atomic E-state index is 0.138. The van der Waals surface area contributed by atoms with E-state index in [9.17, 15) is 19.2 Å². The summed E-state index contributed by atoms with van der Waals surface area (Å²) in [6.07, 6.45) is 12.3. The number of rotatable bonds is 14. The highest BCUT2D eigenvalue weighted by molar-refractivity contribution is 5.91. The van der Waals surface area contributed by atoms with E-state index in [0.29, 0.717) is 25.0 Å². The lowest BCUT2D eigenvalue weighted by atomic mass is 9.90. The number of ether oxygens (including phenoxy) is 4. The highest BCUT2D eigenvalue weighted by atomic mass is 16.6. The van der Waals surface area contributed by atoms with E-state index in [1.165, 1.54) is 22.6 Å². The number of hydrogen-bond acceptors (Lipinski definition) is 8. The van der Waals surface area contributed by atoms with Gasteiger partial charge < -0.3 is 28.7 Å². The van der Waals surface area contributed by atoms with Gasteiger partial charge in [-0.3, -0.25) is 0 Å². The Morgan fingerprint density at radius 1 is 0.583 bits per heavy atom. The molecule has 2 aliphatic rings. The van der Waals surface area contributed by atoms with Crippen molar-refractivity contribution < 1.29 is 38.1 Å². The first-order chi connectivity index (χ1) is 23.3. The van der Waals surface area contributed by atoms with Gasteiger partial charge in [0.25, 0.3) is 0 Å². The van der Waals surface area contributed by atoms with Gasteiger partial charge in [0.15, 0.2) is 0 Å². The minimum atomic E-state index is -0.764. The summed E-state index contributed by atoms with van der Waals surface area (Å²) in [7, 11) is 3.24. The fourth-order valence-electron chi connectivity index (χ4n) is 6.31. The van der Waals surface area contributed by atoms with Gasteiger partial charge in [0.05, 0.1) is 25.3 Å². The maximum atomic E-state index is 12.9. The maximum Gasteiger partial charge on any atom is 0.410 e. The van der Waals surface area contributed by atoms with Gasteiger partial charge in [0.1, 0.15) is 13.2 Å². The van der Waals surface area contributed by atoms with Gasteiger partial charge in [-0.15, -0.1) is 0 Å². The predicted octanol–water partition coefficient (Wildman–Crippen LogP) is 7.41. The van der Waals surface area contributed by atoms with Gasteiger partial charge in [-0.2, -0.15) is 0 Å². The van der Waals surface area contributed by atoms with Crippen LogP contribution in [0.15, 0.2) is 72.8 Å². The van der Waals surface area contributed by atoms with Crippen molar-refractivity contribution in [3.8, 4) is 0 Å². The molecule has 0 bridgehead atoms. The van der Waals surface area contributed by atoms with Gasteiger partial charge in [-0.25, -0.2) is 19.2 Å². The summed E-state index contributed by atoms with van der Waals surface area (Å²) in [5.41, 5.74) is 1.55. The number of hydrogen-bond donors (Lipinski definition) is 0. The molecule has 0 N–H and O–H groups in total. The van der Waals surface area contributed by atoms with Crippen LogP contribution in [0.5, 0.6) is 0 Å². The number of esters is 2. The lowest BCUT2D eigenvalue weighted by Crippen LogP contribution is -2.36. The van der Waals surface area contributed by atoms with Crippen molar-refractivity contribution in [3.05, 3.63) is 83.9 Å². The molecule has 2 saturated carbocycles. The molecular formula is C38H50N2O8. The molecule has 0 aromatic heterocycles. The third-order valence-corrected chi connectivity index (χ3v) is 9.34. The molecule has 10 heteroatoms. The second-order valence-electron chi connectivity index (χ2n) is 12.8. The molecule has 0 aliphatic heterocycles. The van der Waals surface area contributed by atoms with E-state index in [4.69, 9.17) is 18.9 Å². The predicted molar refractivity (Wildman–Crippen MR) is 181 cm³/mol. The Morgan fingerprint density at radius 3 is 1.29 bits per heavy atom. The second-order valence-corrected chi connectivity index (χ2v) is 12.8. The normalized spacial score (nSPS) is 16.8. The first-order valence-electron chi connectivity index (χ1n) is 17.2. The SMILES string of the molecule is CN(C(=O)OCC1CCCCC1)[C@H](COC(=O)/C=C/C(=O)OC[C@H](c1ccccc1)N(C)C(=O)OCC1CCCCC1)c1ccccc1. The van der Waals surface area contributed by atoms with Gasteiger partial charge in [0, 0.05) is 26.2 Å². The van der Waals surface area contributed by atoms with Crippen molar-refractivity contribution in [1.29, 1.82) is 0 Å². The molecule has 48 heavy (non-hydrogen) atoms. The molecule has 0 saturated heterocycles. The lowest BCUT2D eigenvalue weighted by molar-refractivity contribution is -0.142. The van der Waals surface area contributed by atoms with Crippen molar-refractivity contribution in [2.45, 2.75) is 76.3 Å². The van der Waals surface area contributed by atoms with E-state index in [2.05, 4.69) is 0 Å². The van der Waals surface area contributed by atoms with Crippen molar-refractivity contribution in [3.63, 3.8) is 0 Å². The van der Waals surface area contributed by atoms with Gasteiger partial charge in [-0.05, 0) is 48.6 Å². The monoisotopic (exact) mass is 662 g/mol. The van der Waals surface area contributed by atoms with Crippen LogP contribution >= 0.6 is 0 Å². The van der Waals surface area contributed by atoms with Crippen LogP contribution < -0.4 is 0 Å². The molecule has 0 spiro atoms. The molecule has 0 unspecified atom stereocenters. The maximum absolute atomic E-state index is 12.9. The number of carbonyl (C=O) groups excluding carboxylic acids is 4. The summed E-state index contributed by atoms with van der Waals surface area (Å²) in [5.74, 6) is -0.783. The van der Waals surface area contributed by atoms with Crippen molar-refractivity contribution in [1.82, 2.24) is 9.80 Å². The molecule has 4 rings (SSSR count). The first kappa shape index (κ1) is 36.5. The van der Waals surface area contributed by atoms with Crippen LogP contribution in [0.4, 0.5) is 9.59 Å². The Morgan fingerprint density at radius 2 is 0.938 bits per heavy atom. The van der Waals surface area contributed by atoms with Crippen LogP contribution in [0.2, 0.25) is 0 Å². The zero-order chi connectivity index (χ0) is 34.1. The largest absolute Gasteiger partial charge is 0.460 e. The summed E-state index contributed by atoms with van der Waals surface area (Å²) >= 11 is 0. The molecule has 2 aliphatic carbocycles. The number of amides is 2. The molecule has 2 atom stereocenters. The highest BCUT2D eigenvalue weighted by Gasteiger charge is 2.27. The van der Waals surface area contributed by atoms with Crippen LogP contribution in [0.25, 0.3) is 0 Å². The van der Waals surface area contributed by atoms with E-state index in [1.807, 2.05) is 60.7 Å². The van der Waals surface area contributed by atoms with Crippen LogP contribution in [0.1, 0.15) is 87.4 Å². The quantitative estimate of drug-likeness (QED) is 0.117. The molecule has 2 fully saturated rings. The van der Waals surface area contributed by atoms with Gasteiger partial charge >= 0.3 is 24.1 Å². The van der Waals surface area contributed by atoms with E-state index in [1.54, 1.807) is 14.1 Å². The average Bonchev–Trinajstić information content (AvgIpc) is 3.13. The summed E-state index contributed by atoms with van der Waals surface area (Å²) in [6, 6.07) is 17.3. The van der Waals surface area contributed by atoms with Crippen molar-refractivity contribution >= 4 is 24.1 Å². The second kappa shape index (κ2) is 19.5. The Balaban J connectivity index is 1.29. The molecular weight excluding hydrogens is 612 g/mol. The van der Waals surface area contributed by atoms with E-state index in [0.717, 1.165) is 74.6 Å². The topological polar surface area (TPSA) is 112 Å². The van der Waals surface area contributed by atoms with E-state index in [-0.39, 0.29) is 13.2 Å². The number of benzene rings is 2. The molecule has 2 aromatic carbocycles. The number of carbonyl (C=O) groups is 4. The van der Waals surface area contributed by atoms with Gasteiger partial charge in [0.2, 0.25) is 0 Å². The summed E-state index contributed by atoms with van der Waals surface area (Å²) in [6.45, 7) is 0.470. The fraction of sp³-hybridized carbons (Fsp3) is 0.526. The standard InChI is InChI=1S/C38H50N2O8/c1-39(37(43)47-25-29-15-7-3-8-16-29)33(31-19-11-5-12-20-31)27-45-35(41)23-24-36(42)46-28-34(32-21-13-6-14-22-32)40(2)38(44)48-26-30-17-9-4-10-18-30/h5-6,11-14,19-24,29-30,33-34H,3-4,7-10,15-18,25-28H2,1-2H3/b24-23+/t33-,34-/m1/s1. The molecule has 0 heterocycles. The summed E-state index contributed by atoms with van der Waals surface area (Å²) in [5, 5.41) is 0. The Bertz CT molecular complexity index is 1220. The van der Waals surface area contributed by atoms with E-state index >= 15 is 0 Å². The van der Waals surface area contributed by atoms with Crippen molar-refractivity contribution in [2.75, 3.05) is 40.5 Å². The Kier molecular flexibility index (Phi) is 14.8. The van der Waals surface area contributed by atoms with Crippen LogP contribution in [-0.2, 0) is 28.5 Å². The molecule has 2 amide bonds. The van der Waals surface area contributed by atoms with Crippen molar-refractivity contribution in [2.24, 2.45) is 11.8 Å². The Hall–Kier alpha value is -4.34. The Labute approximate surface area is 284 Å². The smallest absolute Gasteiger partial charge is 0.410 e. The average molecular weight is 663 g/mol. The third kappa shape index (κ3) is 11.7. The van der Waals surface area contributed by atoms with Crippen LogP contribution in [-0.4, -0.2) is 74.4 Å². The summed E-state index contributed by atoms with van der Waals surface area (Å²) < 4.78 is 22.2. The van der Waals surface area contributed by atoms with E-state index < -0.39 is 36.2 Å². The summed E-state index contributed by atoms with van der Waals surface area (Å²) in [4.78, 5) is 54.1. The molecule has 10 nitrogen and oxygen atoms in total. The minimum Gasteiger partial charge on any atom is -0.460 e. The number of likely N-dealkylation sites (N-methyl/N-ethyl adjacent to an activating group) is 2. The number of nitrogens with zero attached hydrogens (tertiary/aromatic N) is 2. The highest BCUT2D eigenvalue weighted by Crippen LogP contribution is 2.27. The fourth-order valence-corrected chi connectivity index (χ4v) is 6.31. The first-order valence-corrected chi connectivity index (χ1v) is 17.2.